The molecule has 1 fully saturated rings. The van der Waals surface area contributed by atoms with Crippen molar-refractivity contribution in [3.63, 3.8) is 0 Å². The lowest BCUT2D eigenvalue weighted by Gasteiger charge is -2.39. The van der Waals surface area contributed by atoms with Crippen molar-refractivity contribution < 1.29 is 4.74 Å². The lowest BCUT2D eigenvalue weighted by Crippen LogP contribution is -2.51. The Labute approximate surface area is 139 Å². The highest BCUT2D eigenvalue weighted by Crippen LogP contribution is 2.29. The molecule has 0 aromatic carbocycles. The van der Waals surface area contributed by atoms with Crippen molar-refractivity contribution in [1.29, 1.82) is 0 Å². The number of thioether (sulfide) groups is 1. The molecule has 0 radical (unpaired) electrons. The Morgan fingerprint density at radius 3 is 2.74 bits per heavy atom. The van der Waals surface area contributed by atoms with Crippen molar-refractivity contribution in [2.45, 2.75) is 32.4 Å². The minimum absolute atomic E-state index is 0. The number of halogens is 1. The number of nitrogens with one attached hydrogen (secondary N) is 1. The fourth-order valence-electron chi connectivity index (χ4n) is 1.98. The minimum atomic E-state index is 0. The first-order valence-electron chi connectivity index (χ1n) is 6.84. The van der Waals surface area contributed by atoms with Gasteiger partial charge in [-0.05, 0) is 27.7 Å². The van der Waals surface area contributed by atoms with Crippen molar-refractivity contribution in [3.8, 4) is 0 Å². The van der Waals surface area contributed by atoms with E-state index in [0.29, 0.717) is 11.4 Å². The molecule has 1 saturated heterocycles. The number of guanidine groups is 1. The van der Waals surface area contributed by atoms with Crippen LogP contribution >= 0.6 is 35.7 Å². The Morgan fingerprint density at radius 2 is 2.16 bits per heavy atom. The predicted molar refractivity (Wildman–Crippen MR) is 96.0 cm³/mol. The summed E-state index contributed by atoms with van der Waals surface area (Å²) in [6.45, 7) is 14.0. The predicted octanol–water partition coefficient (Wildman–Crippen LogP) is 2.43. The highest BCUT2D eigenvalue weighted by Gasteiger charge is 2.28. The molecule has 114 valence electrons. The SMILES string of the molecule is CCNC(=NCCOCC)N1CCSC(C)(C)C1.I. The third kappa shape index (κ3) is 7.60. The lowest BCUT2D eigenvalue weighted by atomic mass is 10.2. The van der Waals surface area contributed by atoms with Crippen LogP contribution in [0.2, 0.25) is 0 Å². The van der Waals surface area contributed by atoms with Gasteiger partial charge < -0.3 is 15.0 Å². The summed E-state index contributed by atoms with van der Waals surface area (Å²) in [5, 5.41) is 3.38. The topological polar surface area (TPSA) is 36.9 Å². The van der Waals surface area contributed by atoms with Gasteiger partial charge in [0, 0.05) is 36.7 Å². The lowest BCUT2D eigenvalue weighted by molar-refractivity contribution is 0.155. The average Bonchev–Trinajstić information content (AvgIpc) is 2.32. The van der Waals surface area contributed by atoms with Gasteiger partial charge in [0.05, 0.1) is 13.2 Å². The second-order valence-corrected chi connectivity index (χ2v) is 6.76. The first kappa shape index (κ1) is 19.3. The molecule has 0 aliphatic carbocycles. The number of ether oxygens (including phenoxy) is 1. The summed E-state index contributed by atoms with van der Waals surface area (Å²) in [5.74, 6) is 2.20. The van der Waals surface area contributed by atoms with Crippen molar-refractivity contribution >= 4 is 41.7 Å². The molecule has 1 aliphatic rings. The van der Waals surface area contributed by atoms with E-state index in [1.54, 1.807) is 0 Å². The Morgan fingerprint density at radius 1 is 1.42 bits per heavy atom. The smallest absolute Gasteiger partial charge is 0.194 e. The molecule has 0 unspecified atom stereocenters. The summed E-state index contributed by atoms with van der Waals surface area (Å²) in [4.78, 5) is 7.00. The molecule has 1 rings (SSSR count). The average molecular weight is 401 g/mol. The molecule has 0 spiro atoms. The third-order valence-electron chi connectivity index (χ3n) is 2.76. The Bertz CT molecular complexity index is 275. The zero-order valence-electron chi connectivity index (χ0n) is 12.6. The van der Waals surface area contributed by atoms with Gasteiger partial charge in [0.25, 0.3) is 0 Å². The zero-order chi connectivity index (χ0) is 13.4. The zero-order valence-corrected chi connectivity index (χ0v) is 15.7. The second kappa shape index (κ2) is 10.1. The van der Waals surface area contributed by atoms with Crippen LogP contribution in [0.5, 0.6) is 0 Å². The molecule has 0 saturated carbocycles. The molecule has 1 N–H and O–H groups in total. The molecule has 0 amide bonds. The van der Waals surface area contributed by atoms with Crippen molar-refractivity contribution in [2.75, 3.05) is 45.1 Å². The summed E-state index contributed by atoms with van der Waals surface area (Å²) in [5.41, 5.74) is 0. The number of rotatable bonds is 5. The summed E-state index contributed by atoms with van der Waals surface area (Å²) in [6, 6.07) is 0. The maximum atomic E-state index is 5.33. The molecular formula is C13H28IN3OS. The van der Waals surface area contributed by atoms with E-state index < -0.39 is 0 Å². The van der Waals surface area contributed by atoms with E-state index in [9.17, 15) is 0 Å². The number of hydrogen-bond donors (Lipinski definition) is 1. The molecule has 0 atom stereocenters. The molecule has 6 heteroatoms. The number of hydrogen-bond acceptors (Lipinski definition) is 3. The molecule has 1 aliphatic heterocycles. The van der Waals surface area contributed by atoms with E-state index in [1.165, 1.54) is 5.75 Å². The monoisotopic (exact) mass is 401 g/mol. The first-order valence-corrected chi connectivity index (χ1v) is 7.82. The van der Waals surface area contributed by atoms with Crippen LogP contribution in [0.3, 0.4) is 0 Å². The Balaban J connectivity index is 0.00000324. The van der Waals surface area contributed by atoms with E-state index in [2.05, 4.69) is 36.0 Å². The van der Waals surface area contributed by atoms with Gasteiger partial charge in [-0.1, -0.05) is 0 Å². The van der Waals surface area contributed by atoms with Crippen LogP contribution in [-0.2, 0) is 4.74 Å². The standard InChI is InChI=1S/C13H27N3OS.HI/c1-5-14-12(15-7-9-17-6-2)16-8-10-18-13(3,4)11-16;/h5-11H2,1-4H3,(H,14,15);1H. The van der Waals surface area contributed by atoms with Crippen molar-refractivity contribution in [2.24, 2.45) is 4.99 Å². The van der Waals surface area contributed by atoms with Gasteiger partial charge in [0.1, 0.15) is 0 Å². The van der Waals surface area contributed by atoms with Crippen LogP contribution in [0.4, 0.5) is 0 Å². The van der Waals surface area contributed by atoms with E-state index >= 15 is 0 Å². The van der Waals surface area contributed by atoms with Gasteiger partial charge in [-0.3, -0.25) is 4.99 Å². The van der Waals surface area contributed by atoms with Crippen LogP contribution in [0.15, 0.2) is 4.99 Å². The summed E-state index contributed by atoms with van der Waals surface area (Å²) >= 11 is 2.04. The van der Waals surface area contributed by atoms with Gasteiger partial charge in [-0.2, -0.15) is 11.8 Å². The van der Waals surface area contributed by atoms with Crippen molar-refractivity contribution in [3.05, 3.63) is 0 Å². The molecule has 0 aromatic heterocycles. The Kier molecular flexibility index (Phi) is 10.3. The van der Waals surface area contributed by atoms with Gasteiger partial charge in [0.15, 0.2) is 5.96 Å². The van der Waals surface area contributed by atoms with Gasteiger partial charge in [-0.15, -0.1) is 24.0 Å². The fourth-order valence-corrected chi connectivity index (χ4v) is 3.09. The van der Waals surface area contributed by atoms with E-state index in [-0.39, 0.29) is 24.0 Å². The molecule has 0 aromatic rings. The summed E-state index contributed by atoms with van der Waals surface area (Å²) in [6.07, 6.45) is 0. The fraction of sp³-hybridized carbons (Fsp3) is 0.923. The minimum Gasteiger partial charge on any atom is -0.380 e. The van der Waals surface area contributed by atoms with Crippen LogP contribution in [0.25, 0.3) is 0 Å². The quantitative estimate of drug-likeness (QED) is 0.332. The van der Waals surface area contributed by atoms with E-state index in [0.717, 1.165) is 38.7 Å². The first-order chi connectivity index (χ1) is 8.59. The molecule has 4 nitrogen and oxygen atoms in total. The van der Waals surface area contributed by atoms with Crippen molar-refractivity contribution in [1.82, 2.24) is 10.2 Å². The van der Waals surface area contributed by atoms with Gasteiger partial charge >= 0.3 is 0 Å². The van der Waals surface area contributed by atoms with Crippen LogP contribution in [0.1, 0.15) is 27.7 Å². The molecule has 1 heterocycles. The second-order valence-electron chi connectivity index (χ2n) is 4.96. The summed E-state index contributed by atoms with van der Waals surface area (Å²) in [7, 11) is 0. The number of nitrogens with zero attached hydrogens (tertiary/aromatic N) is 2. The molecule has 19 heavy (non-hydrogen) atoms. The van der Waals surface area contributed by atoms with Gasteiger partial charge in [-0.25, -0.2) is 0 Å². The normalized spacial score (nSPS) is 18.9. The molecule has 0 bridgehead atoms. The van der Waals surface area contributed by atoms with E-state index in [4.69, 9.17) is 4.74 Å². The maximum Gasteiger partial charge on any atom is 0.194 e. The largest absolute Gasteiger partial charge is 0.380 e. The highest BCUT2D eigenvalue weighted by atomic mass is 127. The van der Waals surface area contributed by atoms with E-state index in [1.807, 2.05) is 18.7 Å². The van der Waals surface area contributed by atoms with Gasteiger partial charge in [0.2, 0.25) is 0 Å². The Hall–Kier alpha value is 0.310. The van der Waals surface area contributed by atoms with Crippen LogP contribution in [0, 0.1) is 0 Å². The third-order valence-corrected chi connectivity index (χ3v) is 4.06. The van der Waals surface area contributed by atoms with Crippen LogP contribution in [-0.4, -0.2) is 60.8 Å². The highest BCUT2D eigenvalue weighted by molar-refractivity contribution is 14.0. The van der Waals surface area contributed by atoms with Crippen LogP contribution < -0.4 is 5.32 Å². The number of aliphatic imine (C=N–C) groups is 1. The molecular weight excluding hydrogens is 373 g/mol. The summed E-state index contributed by atoms with van der Waals surface area (Å²) < 4.78 is 5.65. The maximum absolute atomic E-state index is 5.33.